The molecule has 0 bridgehead atoms. The van der Waals surface area contributed by atoms with Crippen LogP contribution in [0.1, 0.15) is 6.92 Å². The monoisotopic (exact) mass is 258 g/mol. The molecule has 0 spiro atoms. The molecule has 0 radical (unpaired) electrons. The lowest BCUT2D eigenvalue weighted by Gasteiger charge is -2.44. The minimum absolute atomic E-state index is 0.0860. The zero-order valence-corrected chi connectivity index (χ0v) is 11.0. The van der Waals surface area contributed by atoms with E-state index >= 15 is 0 Å². The molecule has 0 aliphatic carbocycles. The summed E-state index contributed by atoms with van der Waals surface area (Å²) in [5.41, 5.74) is 3.46. The van der Waals surface area contributed by atoms with Crippen LogP contribution < -0.4 is 5.73 Å². The van der Waals surface area contributed by atoms with Crippen LogP contribution in [0.5, 0.6) is 0 Å². The summed E-state index contributed by atoms with van der Waals surface area (Å²) in [5, 5.41) is 22.6. The van der Waals surface area contributed by atoms with Crippen molar-refractivity contribution < 1.29 is 4.79 Å². The van der Waals surface area contributed by atoms with Crippen LogP contribution in [-0.4, -0.2) is 42.4 Å². The van der Waals surface area contributed by atoms with Gasteiger partial charge in [0.15, 0.2) is 10.8 Å². The predicted octanol–water partition coefficient (Wildman–Crippen LogP) is -0.400. The van der Waals surface area contributed by atoms with E-state index in [2.05, 4.69) is 4.99 Å². The maximum Gasteiger partial charge on any atom is 0.274 e. The molecule has 7 heteroatoms. The van der Waals surface area contributed by atoms with E-state index in [1.807, 2.05) is 26.2 Å². The Morgan fingerprint density at radius 2 is 2.11 bits per heavy atom. The van der Waals surface area contributed by atoms with Crippen LogP contribution in [0.25, 0.3) is 0 Å². The lowest BCUT2D eigenvalue weighted by Crippen LogP contribution is -2.58. The van der Waals surface area contributed by atoms with Crippen LogP contribution in [-0.2, 0) is 4.79 Å². The molecule has 19 heavy (non-hydrogen) atoms. The first-order chi connectivity index (χ1) is 8.84. The van der Waals surface area contributed by atoms with E-state index in [1.54, 1.807) is 16.9 Å². The maximum absolute atomic E-state index is 12.0. The number of nitrogens with zero attached hydrogens (tertiary/aromatic N) is 5. The second kappa shape index (κ2) is 3.81. The van der Waals surface area contributed by atoms with E-state index in [0.717, 1.165) is 5.70 Å². The number of aliphatic imine (C=N–C) groups is 1. The molecule has 0 saturated carbocycles. The van der Waals surface area contributed by atoms with Gasteiger partial charge in [0, 0.05) is 19.8 Å². The fourth-order valence-corrected chi connectivity index (χ4v) is 2.62. The molecule has 1 amide bonds. The van der Waals surface area contributed by atoms with Gasteiger partial charge in [-0.25, -0.2) is 5.01 Å². The summed E-state index contributed by atoms with van der Waals surface area (Å²) in [6, 6.07) is 4.00. The summed E-state index contributed by atoms with van der Waals surface area (Å²) in [4.78, 5) is 15.7. The molecule has 2 N–H and O–H groups in total. The third-order valence-corrected chi connectivity index (χ3v) is 3.74. The predicted molar refractivity (Wildman–Crippen MR) is 66.9 cm³/mol. The van der Waals surface area contributed by atoms with Crippen molar-refractivity contribution in [1.82, 2.24) is 10.0 Å². The number of amidine groups is 1. The maximum atomic E-state index is 12.0. The average molecular weight is 258 g/mol. The number of hydrazine groups is 1. The Labute approximate surface area is 111 Å². The molecule has 0 aromatic rings. The summed E-state index contributed by atoms with van der Waals surface area (Å²) < 4.78 is 0. The van der Waals surface area contributed by atoms with Crippen molar-refractivity contribution in [3.63, 3.8) is 0 Å². The van der Waals surface area contributed by atoms with Crippen molar-refractivity contribution in [2.24, 2.45) is 21.6 Å². The minimum Gasteiger partial charge on any atom is -0.386 e. The van der Waals surface area contributed by atoms with E-state index in [4.69, 9.17) is 5.73 Å². The highest BCUT2D eigenvalue weighted by Gasteiger charge is 2.66. The number of carbonyl (C=O) groups excluding carboxylic acids is 1. The molecular weight excluding hydrogens is 244 g/mol. The van der Waals surface area contributed by atoms with Gasteiger partial charge in [-0.05, 0) is 13.0 Å². The molecular formula is C12H14N6O. The number of allylic oxidation sites excluding steroid dienone is 1. The topological polar surface area (TPSA) is 110 Å². The van der Waals surface area contributed by atoms with Crippen LogP contribution in [0.2, 0.25) is 0 Å². The Balaban J connectivity index is 2.72. The van der Waals surface area contributed by atoms with Gasteiger partial charge in [-0.2, -0.15) is 15.5 Å². The highest BCUT2D eigenvalue weighted by atomic mass is 16.2. The number of rotatable bonds is 1. The largest absolute Gasteiger partial charge is 0.386 e. The number of hydrogen-bond acceptors (Lipinski definition) is 6. The summed E-state index contributed by atoms with van der Waals surface area (Å²) in [5.74, 6) is -0.746. The number of nitrogens with two attached hydrogens (primary N) is 1. The normalized spacial score (nSPS) is 33.4. The molecule has 2 heterocycles. The Morgan fingerprint density at radius 1 is 1.47 bits per heavy atom. The minimum atomic E-state index is -1.61. The first-order valence-corrected chi connectivity index (χ1v) is 5.70. The fourth-order valence-electron chi connectivity index (χ4n) is 2.62. The average Bonchev–Trinajstić information content (AvgIpc) is 2.57. The van der Waals surface area contributed by atoms with Gasteiger partial charge in [-0.3, -0.25) is 4.79 Å². The quantitative estimate of drug-likeness (QED) is 0.685. The number of amides is 1. The van der Waals surface area contributed by atoms with Gasteiger partial charge in [0.2, 0.25) is 0 Å². The zero-order valence-electron chi connectivity index (χ0n) is 11.0. The van der Waals surface area contributed by atoms with Gasteiger partial charge >= 0.3 is 0 Å². The lowest BCUT2D eigenvalue weighted by molar-refractivity contribution is -0.125. The Kier molecular flexibility index (Phi) is 2.62. The Bertz CT molecular complexity index is 592. The fraction of sp³-hybridized carbons (Fsp3) is 0.500. The van der Waals surface area contributed by atoms with Crippen molar-refractivity contribution in [1.29, 1.82) is 10.5 Å². The second-order valence-electron chi connectivity index (χ2n) is 4.93. The number of nitriles is 2. The lowest BCUT2D eigenvalue weighted by atomic mass is 9.63. The van der Waals surface area contributed by atoms with Crippen molar-refractivity contribution >= 4 is 11.7 Å². The van der Waals surface area contributed by atoms with Gasteiger partial charge < -0.3 is 10.7 Å². The first-order valence-electron chi connectivity index (χ1n) is 5.70. The van der Waals surface area contributed by atoms with Crippen LogP contribution >= 0.6 is 0 Å². The Hall–Kier alpha value is -2.38. The van der Waals surface area contributed by atoms with Crippen molar-refractivity contribution in [3.8, 4) is 12.1 Å². The smallest absolute Gasteiger partial charge is 0.274 e. The van der Waals surface area contributed by atoms with Crippen LogP contribution in [0, 0.1) is 33.5 Å². The van der Waals surface area contributed by atoms with Crippen molar-refractivity contribution in [2.75, 3.05) is 20.6 Å². The third-order valence-electron chi connectivity index (χ3n) is 3.74. The molecule has 2 aliphatic heterocycles. The van der Waals surface area contributed by atoms with E-state index < -0.39 is 16.7 Å². The third kappa shape index (κ3) is 1.33. The zero-order chi connectivity index (χ0) is 14.4. The van der Waals surface area contributed by atoms with Crippen molar-refractivity contribution in [2.45, 2.75) is 6.92 Å². The van der Waals surface area contributed by atoms with Gasteiger partial charge in [-0.15, -0.1) is 0 Å². The van der Waals surface area contributed by atoms with Gasteiger partial charge in [-0.1, -0.05) is 0 Å². The number of carbonyl (C=O) groups is 1. The molecule has 2 atom stereocenters. The molecule has 0 aromatic heterocycles. The van der Waals surface area contributed by atoms with Gasteiger partial charge in [0.1, 0.15) is 5.84 Å². The number of fused-ring (bicyclic) bond motifs is 1. The van der Waals surface area contributed by atoms with E-state index in [0.29, 0.717) is 0 Å². The molecule has 2 aliphatic rings. The summed E-state index contributed by atoms with van der Waals surface area (Å²) in [6.45, 7) is 1.91. The SMILES string of the molecule is CC1=CC2(C#N)C(=O)N=C(N)C2(C#N)CN1N(C)C. The first kappa shape index (κ1) is 13.1. The van der Waals surface area contributed by atoms with Crippen LogP contribution in [0.4, 0.5) is 0 Å². The number of hydrogen-bond donors (Lipinski definition) is 1. The molecule has 0 saturated heterocycles. The summed E-state index contributed by atoms with van der Waals surface area (Å²) in [7, 11) is 3.62. The molecule has 7 nitrogen and oxygen atoms in total. The summed E-state index contributed by atoms with van der Waals surface area (Å²) >= 11 is 0. The standard InChI is InChI=1S/C12H14N6O/c1-8-4-11(5-13)10(19)16-9(15)12(11,6-14)7-18(8)17(2)3/h4H,7H2,1-3H3,(H2,15,16,19). The summed E-state index contributed by atoms with van der Waals surface area (Å²) in [6.07, 6.45) is 1.49. The van der Waals surface area contributed by atoms with E-state index in [9.17, 15) is 15.3 Å². The second-order valence-corrected chi connectivity index (χ2v) is 4.93. The van der Waals surface area contributed by atoms with Gasteiger partial charge in [0.05, 0.1) is 18.7 Å². The molecule has 2 rings (SSSR count). The highest BCUT2D eigenvalue weighted by molar-refractivity contribution is 6.12. The highest BCUT2D eigenvalue weighted by Crippen LogP contribution is 2.50. The molecule has 0 aromatic carbocycles. The van der Waals surface area contributed by atoms with Gasteiger partial charge in [0.25, 0.3) is 5.91 Å². The van der Waals surface area contributed by atoms with E-state index in [-0.39, 0.29) is 12.4 Å². The molecule has 0 fully saturated rings. The van der Waals surface area contributed by atoms with Crippen molar-refractivity contribution in [3.05, 3.63) is 11.8 Å². The molecule has 98 valence electrons. The van der Waals surface area contributed by atoms with Crippen LogP contribution in [0.15, 0.2) is 16.8 Å². The van der Waals surface area contributed by atoms with E-state index in [1.165, 1.54) is 6.08 Å². The molecule has 2 unspecified atom stereocenters. The Morgan fingerprint density at radius 3 is 2.58 bits per heavy atom. The van der Waals surface area contributed by atoms with Crippen LogP contribution in [0.3, 0.4) is 0 Å².